The number of amides is 3. The van der Waals surface area contributed by atoms with E-state index < -0.39 is 6.04 Å². The highest BCUT2D eigenvalue weighted by atomic mass is 16.5. The van der Waals surface area contributed by atoms with E-state index in [9.17, 15) is 14.4 Å². The van der Waals surface area contributed by atoms with Crippen LogP contribution in [-0.4, -0.2) is 77.8 Å². The molecule has 0 spiro atoms. The van der Waals surface area contributed by atoms with E-state index >= 15 is 0 Å². The molecule has 0 radical (unpaired) electrons. The summed E-state index contributed by atoms with van der Waals surface area (Å²) in [4.78, 5) is 45.8. The molecule has 3 fully saturated rings. The normalized spacial score (nSPS) is 23.8. The lowest BCUT2D eigenvalue weighted by atomic mass is 9.84. The van der Waals surface area contributed by atoms with Gasteiger partial charge in [0.1, 0.15) is 11.8 Å². The van der Waals surface area contributed by atoms with Crippen LogP contribution in [0.3, 0.4) is 0 Å². The Bertz CT molecular complexity index is 1100. The largest absolute Gasteiger partial charge is 0.497 e. The van der Waals surface area contributed by atoms with E-state index in [1.54, 1.807) is 7.11 Å². The fraction of sp³-hybridized carbons (Fsp3) is 0.483. The van der Waals surface area contributed by atoms with Crippen molar-refractivity contribution in [1.29, 1.82) is 0 Å². The molecule has 1 aliphatic carbocycles. The first-order valence-electron chi connectivity index (χ1n) is 13.1. The first kappa shape index (κ1) is 24.3. The average Bonchev–Trinajstić information content (AvgIpc) is 3.32. The van der Waals surface area contributed by atoms with Crippen LogP contribution in [0, 0.1) is 5.92 Å². The van der Waals surface area contributed by atoms with Gasteiger partial charge >= 0.3 is 0 Å². The number of likely N-dealkylation sites (tertiary alicyclic amines) is 1. The molecule has 2 heterocycles. The Labute approximate surface area is 213 Å². The van der Waals surface area contributed by atoms with Crippen molar-refractivity contribution >= 4 is 17.7 Å². The molecule has 0 aromatic heterocycles. The van der Waals surface area contributed by atoms with Crippen LogP contribution in [0.15, 0.2) is 54.6 Å². The van der Waals surface area contributed by atoms with Crippen LogP contribution in [-0.2, 0) is 16.0 Å². The maximum absolute atomic E-state index is 13.7. The minimum absolute atomic E-state index is 0.0320. The Morgan fingerprint density at radius 1 is 0.889 bits per heavy atom. The number of nitrogens with zero attached hydrogens (tertiary/aromatic N) is 3. The van der Waals surface area contributed by atoms with Gasteiger partial charge in [-0.15, -0.1) is 0 Å². The van der Waals surface area contributed by atoms with Crippen LogP contribution in [0.25, 0.3) is 0 Å². The number of piperazine rings is 1. The molecule has 3 atom stereocenters. The van der Waals surface area contributed by atoms with E-state index in [0.29, 0.717) is 44.1 Å². The number of fused-ring (bicyclic) bond motifs is 1. The third-order valence-corrected chi connectivity index (χ3v) is 8.06. The van der Waals surface area contributed by atoms with Crippen LogP contribution in [0.5, 0.6) is 5.75 Å². The molecule has 3 amide bonds. The van der Waals surface area contributed by atoms with Gasteiger partial charge < -0.3 is 19.4 Å². The predicted octanol–water partition coefficient (Wildman–Crippen LogP) is 3.38. The molecule has 5 rings (SSSR count). The Kier molecular flexibility index (Phi) is 7.25. The summed E-state index contributed by atoms with van der Waals surface area (Å²) in [6.45, 7) is 2.03. The SMILES string of the molecule is COc1cccc(CC(=O)N2CCN(C(=O)C3CC4CCCCC4N3C(=O)c3ccccc3)CC2)c1. The predicted molar refractivity (Wildman–Crippen MR) is 137 cm³/mol. The standard InChI is InChI=1S/C29H35N3O4/c1-36-24-12-7-8-21(18-24)19-27(33)30-14-16-31(17-15-30)29(35)26-20-23-11-5-6-13-25(23)32(26)28(34)22-9-3-2-4-10-22/h2-4,7-10,12,18,23,25-26H,5-6,11,13-17,19-20H2,1H3. The number of carbonyl (C=O) groups excluding carboxylic acids is 3. The van der Waals surface area contributed by atoms with Crippen molar-refractivity contribution in [3.8, 4) is 5.75 Å². The summed E-state index contributed by atoms with van der Waals surface area (Å²) in [6.07, 6.45) is 5.39. The molecule has 2 aliphatic heterocycles. The summed E-state index contributed by atoms with van der Waals surface area (Å²) in [5, 5.41) is 0. The summed E-state index contributed by atoms with van der Waals surface area (Å²) in [6, 6.07) is 16.6. The number of carbonyl (C=O) groups is 3. The van der Waals surface area contributed by atoms with Gasteiger partial charge in [0.25, 0.3) is 5.91 Å². The van der Waals surface area contributed by atoms with Crippen LogP contribution < -0.4 is 4.74 Å². The summed E-state index contributed by atoms with van der Waals surface area (Å²) in [7, 11) is 1.62. The minimum Gasteiger partial charge on any atom is -0.497 e. The summed E-state index contributed by atoms with van der Waals surface area (Å²) in [5.41, 5.74) is 1.57. The third-order valence-electron chi connectivity index (χ3n) is 8.06. The van der Waals surface area contributed by atoms with Crippen molar-refractivity contribution in [2.75, 3.05) is 33.3 Å². The van der Waals surface area contributed by atoms with Gasteiger partial charge in [-0.2, -0.15) is 0 Å². The maximum atomic E-state index is 13.7. The molecule has 2 saturated heterocycles. The van der Waals surface area contributed by atoms with Crippen molar-refractivity contribution in [3.05, 3.63) is 65.7 Å². The van der Waals surface area contributed by atoms with E-state index in [0.717, 1.165) is 37.0 Å². The molecule has 0 N–H and O–H groups in total. The Morgan fingerprint density at radius 2 is 1.61 bits per heavy atom. The van der Waals surface area contributed by atoms with Gasteiger partial charge in [-0.1, -0.05) is 43.2 Å². The summed E-state index contributed by atoms with van der Waals surface area (Å²) >= 11 is 0. The Morgan fingerprint density at radius 3 is 2.36 bits per heavy atom. The van der Waals surface area contributed by atoms with E-state index in [-0.39, 0.29) is 23.8 Å². The first-order valence-corrected chi connectivity index (χ1v) is 13.1. The number of methoxy groups -OCH3 is 1. The fourth-order valence-corrected chi connectivity index (χ4v) is 6.16. The van der Waals surface area contributed by atoms with E-state index in [1.165, 1.54) is 6.42 Å². The van der Waals surface area contributed by atoms with Gasteiger partial charge in [-0.3, -0.25) is 14.4 Å². The molecule has 7 nitrogen and oxygen atoms in total. The molecular formula is C29H35N3O4. The number of ether oxygens (including phenoxy) is 1. The molecule has 1 saturated carbocycles. The van der Waals surface area contributed by atoms with Crippen molar-refractivity contribution in [1.82, 2.24) is 14.7 Å². The van der Waals surface area contributed by atoms with Gasteiger partial charge in [0, 0.05) is 37.8 Å². The first-order chi connectivity index (χ1) is 17.5. The topological polar surface area (TPSA) is 70.2 Å². The lowest BCUT2D eigenvalue weighted by Crippen LogP contribution is -2.56. The van der Waals surface area contributed by atoms with Crippen molar-refractivity contribution in [2.45, 2.75) is 50.6 Å². The van der Waals surface area contributed by atoms with E-state index in [1.807, 2.05) is 69.3 Å². The highest BCUT2D eigenvalue weighted by Gasteiger charge is 2.48. The van der Waals surface area contributed by atoms with Gasteiger partial charge in [-0.25, -0.2) is 0 Å². The minimum atomic E-state index is -0.412. The molecule has 0 bridgehead atoms. The molecular weight excluding hydrogens is 454 g/mol. The zero-order valence-corrected chi connectivity index (χ0v) is 21.0. The van der Waals surface area contributed by atoms with Crippen molar-refractivity contribution < 1.29 is 19.1 Å². The smallest absolute Gasteiger partial charge is 0.254 e. The lowest BCUT2D eigenvalue weighted by Gasteiger charge is -2.38. The Hall–Kier alpha value is -3.35. The van der Waals surface area contributed by atoms with Crippen LogP contribution >= 0.6 is 0 Å². The van der Waals surface area contributed by atoms with Gasteiger partial charge in [0.05, 0.1) is 13.5 Å². The monoisotopic (exact) mass is 489 g/mol. The quantitative estimate of drug-likeness (QED) is 0.646. The second-order valence-corrected chi connectivity index (χ2v) is 10.2. The van der Waals surface area contributed by atoms with Gasteiger partial charge in [0.2, 0.25) is 11.8 Å². The van der Waals surface area contributed by atoms with Gasteiger partial charge in [-0.05, 0) is 55.0 Å². The van der Waals surface area contributed by atoms with Crippen molar-refractivity contribution in [3.63, 3.8) is 0 Å². The molecule has 3 unspecified atom stereocenters. The van der Waals surface area contributed by atoms with Crippen molar-refractivity contribution in [2.24, 2.45) is 5.92 Å². The number of hydrogen-bond acceptors (Lipinski definition) is 4. The second kappa shape index (κ2) is 10.7. The molecule has 2 aromatic rings. The number of hydrogen-bond donors (Lipinski definition) is 0. The summed E-state index contributed by atoms with van der Waals surface area (Å²) in [5.74, 6) is 1.20. The zero-order chi connectivity index (χ0) is 25.1. The third kappa shape index (κ3) is 4.97. The number of benzene rings is 2. The Balaban J connectivity index is 1.24. The van der Waals surface area contributed by atoms with Crippen LogP contribution in [0.1, 0.15) is 48.0 Å². The molecule has 7 heteroatoms. The number of rotatable bonds is 5. The molecule has 3 aliphatic rings. The molecule has 2 aromatic carbocycles. The summed E-state index contributed by atoms with van der Waals surface area (Å²) < 4.78 is 5.26. The highest BCUT2D eigenvalue weighted by molar-refractivity contribution is 5.98. The average molecular weight is 490 g/mol. The zero-order valence-electron chi connectivity index (χ0n) is 21.0. The second-order valence-electron chi connectivity index (χ2n) is 10.2. The highest BCUT2D eigenvalue weighted by Crippen LogP contribution is 2.41. The molecule has 190 valence electrons. The molecule has 36 heavy (non-hydrogen) atoms. The fourth-order valence-electron chi connectivity index (χ4n) is 6.16. The maximum Gasteiger partial charge on any atom is 0.254 e. The van der Waals surface area contributed by atoms with E-state index in [4.69, 9.17) is 4.74 Å². The lowest BCUT2D eigenvalue weighted by molar-refractivity contribution is -0.141. The van der Waals surface area contributed by atoms with Gasteiger partial charge in [0.15, 0.2) is 0 Å². The van der Waals surface area contributed by atoms with Crippen LogP contribution in [0.4, 0.5) is 0 Å². The van der Waals surface area contributed by atoms with Crippen LogP contribution in [0.2, 0.25) is 0 Å². The van der Waals surface area contributed by atoms with E-state index in [2.05, 4.69) is 0 Å².